The number of guanidine groups is 1. The molecule has 1 amide bonds. The molecular formula is C19H33N5O2S. The van der Waals surface area contributed by atoms with Gasteiger partial charge in [0.15, 0.2) is 5.96 Å². The summed E-state index contributed by atoms with van der Waals surface area (Å²) in [4.78, 5) is 20.0. The summed E-state index contributed by atoms with van der Waals surface area (Å²) in [6.45, 7) is 11.5. The molecule has 3 N–H and O–H groups in total. The monoisotopic (exact) mass is 395 g/mol. The molecule has 152 valence electrons. The van der Waals surface area contributed by atoms with Gasteiger partial charge in [-0.3, -0.25) is 14.7 Å². The van der Waals surface area contributed by atoms with Gasteiger partial charge in [0, 0.05) is 37.1 Å². The van der Waals surface area contributed by atoms with Crippen molar-refractivity contribution < 1.29 is 9.53 Å². The molecule has 1 fully saturated rings. The molecule has 0 aliphatic carbocycles. The van der Waals surface area contributed by atoms with E-state index in [0.717, 1.165) is 19.7 Å². The van der Waals surface area contributed by atoms with Crippen molar-refractivity contribution in [2.75, 3.05) is 39.8 Å². The van der Waals surface area contributed by atoms with E-state index < -0.39 is 0 Å². The Labute approximate surface area is 166 Å². The van der Waals surface area contributed by atoms with Crippen LogP contribution in [-0.4, -0.2) is 68.2 Å². The largest absolute Gasteiger partial charge is 0.376 e. The van der Waals surface area contributed by atoms with E-state index in [1.165, 1.54) is 4.88 Å². The van der Waals surface area contributed by atoms with Crippen molar-refractivity contribution in [1.82, 2.24) is 20.9 Å². The predicted octanol–water partition coefficient (Wildman–Crippen LogP) is 1.59. The van der Waals surface area contributed by atoms with Gasteiger partial charge in [-0.05, 0) is 39.1 Å². The van der Waals surface area contributed by atoms with Gasteiger partial charge in [0.2, 0.25) is 5.91 Å². The lowest BCUT2D eigenvalue weighted by molar-refractivity contribution is -0.121. The third-order valence-electron chi connectivity index (χ3n) is 4.20. The van der Waals surface area contributed by atoms with Crippen molar-refractivity contribution in [3.05, 3.63) is 22.4 Å². The zero-order chi connectivity index (χ0) is 19.9. The van der Waals surface area contributed by atoms with E-state index in [1.807, 2.05) is 20.8 Å². The first-order chi connectivity index (χ1) is 12.8. The van der Waals surface area contributed by atoms with Gasteiger partial charge in [0.25, 0.3) is 0 Å². The first-order valence-electron chi connectivity index (χ1n) is 9.43. The maximum Gasteiger partial charge on any atom is 0.239 e. The molecule has 27 heavy (non-hydrogen) atoms. The van der Waals surface area contributed by atoms with Gasteiger partial charge in [-0.2, -0.15) is 0 Å². The van der Waals surface area contributed by atoms with E-state index in [4.69, 9.17) is 4.74 Å². The molecule has 0 spiro atoms. The minimum absolute atomic E-state index is 0.0535. The van der Waals surface area contributed by atoms with Crippen LogP contribution in [0.5, 0.6) is 0 Å². The Morgan fingerprint density at radius 2 is 2.22 bits per heavy atom. The molecule has 0 saturated carbocycles. The van der Waals surface area contributed by atoms with Crippen molar-refractivity contribution in [2.24, 2.45) is 4.99 Å². The first-order valence-corrected chi connectivity index (χ1v) is 10.3. The van der Waals surface area contributed by atoms with Gasteiger partial charge in [0.05, 0.1) is 25.3 Å². The number of amides is 1. The molecule has 1 aliphatic rings. The van der Waals surface area contributed by atoms with Gasteiger partial charge in [0.1, 0.15) is 0 Å². The minimum Gasteiger partial charge on any atom is -0.376 e. The lowest BCUT2D eigenvalue weighted by Crippen LogP contribution is -2.50. The Morgan fingerprint density at radius 1 is 1.44 bits per heavy atom. The summed E-state index contributed by atoms with van der Waals surface area (Å²) >= 11 is 1.76. The number of thiophene rings is 1. The predicted molar refractivity (Wildman–Crippen MR) is 111 cm³/mol. The van der Waals surface area contributed by atoms with Crippen molar-refractivity contribution in [1.29, 1.82) is 0 Å². The summed E-state index contributed by atoms with van der Waals surface area (Å²) in [5, 5.41) is 11.5. The summed E-state index contributed by atoms with van der Waals surface area (Å²) in [5.41, 5.74) is -0.243. The van der Waals surface area contributed by atoms with Crippen molar-refractivity contribution >= 4 is 23.2 Å². The molecule has 1 saturated heterocycles. The molecular weight excluding hydrogens is 362 g/mol. The van der Waals surface area contributed by atoms with Crippen LogP contribution in [0.25, 0.3) is 0 Å². The number of hydrogen-bond acceptors (Lipinski definition) is 5. The number of hydrogen-bond donors (Lipinski definition) is 3. The van der Waals surface area contributed by atoms with E-state index in [2.05, 4.69) is 50.3 Å². The summed E-state index contributed by atoms with van der Waals surface area (Å²) < 4.78 is 5.69. The normalized spacial score (nSPS) is 20.2. The molecule has 0 aromatic carbocycles. The third kappa shape index (κ3) is 7.48. The topological polar surface area (TPSA) is 78.0 Å². The fourth-order valence-corrected chi connectivity index (χ4v) is 3.92. The Bertz CT molecular complexity index is 612. The SMILES string of the molecule is CN=C(NCC(=O)NC(C)(C)C)NCC(c1cccs1)N1CCOC(C)C1. The van der Waals surface area contributed by atoms with Crippen LogP contribution in [0.4, 0.5) is 0 Å². The van der Waals surface area contributed by atoms with E-state index >= 15 is 0 Å². The van der Waals surface area contributed by atoms with Gasteiger partial charge in [-0.1, -0.05) is 6.07 Å². The molecule has 2 unspecified atom stereocenters. The van der Waals surface area contributed by atoms with Crippen LogP contribution in [0.1, 0.15) is 38.6 Å². The Morgan fingerprint density at radius 3 is 2.81 bits per heavy atom. The Balaban J connectivity index is 1.91. The van der Waals surface area contributed by atoms with Crippen LogP contribution in [0.2, 0.25) is 0 Å². The van der Waals surface area contributed by atoms with Crippen LogP contribution in [0, 0.1) is 0 Å². The highest BCUT2D eigenvalue weighted by Gasteiger charge is 2.26. The van der Waals surface area contributed by atoms with Crippen molar-refractivity contribution in [2.45, 2.75) is 45.4 Å². The summed E-state index contributed by atoms with van der Waals surface area (Å²) in [5.74, 6) is 0.573. The fraction of sp³-hybridized carbons (Fsp3) is 0.684. The van der Waals surface area contributed by atoms with Crippen LogP contribution in [0.15, 0.2) is 22.5 Å². The molecule has 1 aromatic rings. The average molecular weight is 396 g/mol. The highest BCUT2D eigenvalue weighted by Crippen LogP contribution is 2.26. The second kappa shape index (κ2) is 10.1. The smallest absolute Gasteiger partial charge is 0.239 e. The highest BCUT2D eigenvalue weighted by molar-refractivity contribution is 7.10. The Hall–Kier alpha value is -1.64. The lowest BCUT2D eigenvalue weighted by Gasteiger charge is -2.37. The van der Waals surface area contributed by atoms with E-state index in [1.54, 1.807) is 18.4 Å². The number of ether oxygens (including phenoxy) is 1. The fourth-order valence-electron chi connectivity index (χ4n) is 3.06. The third-order valence-corrected chi connectivity index (χ3v) is 5.18. The van der Waals surface area contributed by atoms with Crippen molar-refractivity contribution in [3.8, 4) is 0 Å². The molecule has 8 heteroatoms. The van der Waals surface area contributed by atoms with Crippen LogP contribution < -0.4 is 16.0 Å². The van der Waals surface area contributed by atoms with E-state index in [-0.39, 0.29) is 30.1 Å². The maximum absolute atomic E-state index is 12.0. The molecule has 0 radical (unpaired) electrons. The second-order valence-electron chi connectivity index (χ2n) is 7.81. The summed E-state index contributed by atoms with van der Waals surface area (Å²) in [6.07, 6.45) is 0.236. The van der Waals surface area contributed by atoms with Crippen LogP contribution in [0.3, 0.4) is 0 Å². The summed E-state index contributed by atoms with van der Waals surface area (Å²) in [6, 6.07) is 4.50. The zero-order valence-electron chi connectivity index (χ0n) is 17.0. The molecule has 2 heterocycles. The van der Waals surface area contributed by atoms with Gasteiger partial charge in [-0.25, -0.2) is 0 Å². The number of rotatable bonds is 6. The number of aliphatic imine (C=N–C) groups is 1. The number of carbonyl (C=O) groups is 1. The number of morpholine rings is 1. The maximum atomic E-state index is 12.0. The van der Waals surface area contributed by atoms with Crippen LogP contribution in [-0.2, 0) is 9.53 Å². The Kier molecular flexibility index (Phi) is 8.07. The molecule has 2 rings (SSSR count). The molecule has 0 bridgehead atoms. The number of nitrogens with zero attached hydrogens (tertiary/aromatic N) is 2. The molecule has 7 nitrogen and oxygen atoms in total. The van der Waals surface area contributed by atoms with E-state index in [0.29, 0.717) is 12.5 Å². The summed E-state index contributed by atoms with van der Waals surface area (Å²) in [7, 11) is 1.72. The highest BCUT2D eigenvalue weighted by atomic mass is 32.1. The van der Waals surface area contributed by atoms with E-state index in [9.17, 15) is 4.79 Å². The average Bonchev–Trinajstić information content (AvgIpc) is 3.10. The van der Waals surface area contributed by atoms with Crippen LogP contribution >= 0.6 is 11.3 Å². The first kappa shape index (κ1) is 21.7. The minimum atomic E-state index is -0.243. The molecule has 1 aromatic heterocycles. The zero-order valence-corrected chi connectivity index (χ0v) is 17.9. The molecule has 2 atom stereocenters. The quantitative estimate of drug-likeness (QED) is 0.504. The van der Waals surface area contributed by atoms with Gasteiger partial charge in [-0.15, -0.1) is 11.3 Å². The second-order valence-corrected chi connectivity index (χ2v) is 8.79. The van der Waals surface area contributed by atoms with Crippen molar-refractivity contribution in [3.63, 3.8) is 0 Å². The standard InChI is InChI=1S/C19H33N5O2S/c1-14-13-24(8-9-26-14)15(16-7-6-10-27-16)11-21-18(20-5)22-12-17(25)23-19(2,3)4/h6-7,10,14-15H,8-9,11-13H2,1-5H3,(H,23,25)(H2,20,21,22). The molecule has 1 aliphatic heterocycles. The van der Waals surface area contributed by atoms with Gasteiger partial charge >= 0.3 is 0 Å². The van der Waals surface area contributed by atoms with Gasteiger partial charge < -0.3 is 20.7 Å². The number of carbonyl (C=O) groups excluding carboxylic acids is 1. The lowest BCUT2D eigenvalue weighted by atomic mass is 10.1. The number of nitrogens with one attached hydrogen (secondary N) is 3.